The predicted molar refractivity (Wildman–Crippen MR) is 64.3 cm³/mol. The quantitative estimate of drug-likeness (QED) is 0.538. The van der Waals surface area contributed by atoms with Crippen LogP contribution in [-0.2, 0) is 9.47 Å². The Morgan fingerprint density at radius 3 is 2.47 bits per heavy atom. The van der Waals surface area contributed by atoms with Gasteiger partial charge in [-0.2, -0.15) is 0 Å². The number of ether oxygens (including phenoxy) is 2. The van der Waals surface area contributed by atoms with Gasteiger partial charge in [-0.3, -0.25) is 0 Å². The van der Waals surface area contributed by atoms with Gasteiger partial charge in [-0.15, -0.1) is 0 Å². The van der Waals surface area contributed by atoms with Crippen LogP contribution >= 0.6 is 0 Å². The molecule has 0 aliphatic carbocycles. The van der Waals surface area contributed by atoms with Gasteiger partial charge < -0.3 is 14.8 Å². The van der Waals surface area contributed by atoms with Crippen molar-refractivity contribution in [3.8, 4) is 0 Å². The standard InChI is InChI=1S/C12H27NO2/c1-4-5-8-12(11-15-3)13-9-6-7-10-14-2/h12-13H,4-11H2,1-3H3. The zero-order valence-corrected chi connectivity index (χ0v) is 10.6. The summed E-state index contributed by atoms with van der Waals surface area (Å²) in [6, 6.07) is 0.525. The number of rotatable bonds is 11. The van der Waals surface area contributed by atoms with E-state index in [1.165, 1.54) is 25.7 Å². The number of nitrogens with one attached hydrogen (secondary N) is 1. The van der Waals surface area contributed by atoms with Crippen molar-refractivity contribution in [2.75, 3.05) is 34.0 Å². The molecule has 0 aliphatic rings. The Labute approximate surface area is 94.5 Å². The van der Waals surface area contributed by atoms with Gasteiger partial charge in [0.2, 0.25) is 0 Å². The zero-order chi connectivity index (χ0) is 11.4. The van der Waals surface area contributed by atoms with Gasteiger partial charge in [-0.1, -0.05) is 19.8 Å². The molecule has 0 amide bonds. The summed E-state index contributed by atoms with van der Waals surface area (Å²) in [6.45, 7) is 4.99. The first-order chi connectivity index (χ1) is 7.35. The lowest BCUT2D eigenvalue weighted by Crippen LogP contribution is -2.34. The summed E-state index contributed by atoms with van der Waals surface area (Å²) in [5.41, 5.74) is 0. The molecule has 0 aromatic rings. The molecule has 0 bridgehead atoms. The molecular weight excluding hydrogens is 190 g/mol. The Morgan fingerprint density at radius 1 is 1.07 bits per heavy atom. The van der Waals surface area contributed by atoms with E-state index in [9.17, 15) is 0 Å². The Kier molecular flexibility index (Phi) is 11.9. The molecule has 1 atom stereocenters. The van der Waals surface area contributed by atoms with Crippen LogP contribution in [0.2, 0.25) is 0 Å². The van der Waals surface area contributed by atoms with E-state index in [0.29, 0.717) is 6.04 Å². The molecule has 0 radical (unpaired) electrons. The van der Waals surface area contributed by atoms with Gasteiger partial charge in [0.15, 0.2) is 0 Å². The number of hydrogen-bond acceptors (Lipinski definition) is 3. The van der Waals surface area contributed by atoms with E-state index in [4.69, 9.17) is 9.47 Å². The molecular formula is C12H27NO2. The monoisotopic (exact) mass is 217 g/mol. The second-order valence-electron chi connectivity index (χ2n) is 3.95. The van der Waals surface area contributed by atoms with Crippen molar-refractivity contribution in [3.63, 3.8) is 0 Å². The van der Waals surface area contributed by atoms with Crippen molar-refractivity contribution in [1.82, 2.24) is 5.32 Å². The maximum atomic E-state index is 5.19. The van der Waals surface area contributed by atoms with Crippen LogP contribution in [-0.4, -0.2) is 40.0 Å². The minimum Gasteiger partial charge on any atom is -0.385 e. The molecule has 1 N–H and O–H groups in total. The molecule has 3 nitrogen and oxygen atoms in total. The summed E-state index contributed by atoms with van der Waals surface area (Å²) in [4.78, 5) is 0. The van der Waals surface area contributed by atoms with Crippen molar-refractivity contribution >= 4 is 0 Å². The maximum absolute atomic E-state index is 5.19. The minimum absolute atomic E-state index is 0.525. The zero-order valence-electron chi connectivity index (χ0n) is 10.6. The van der Waals surface area contributed by atoms with Gasteiger partial charge in [-0.25, -0.2) is 0 Å². The number of unbranched alkanes of at least 4 members (excludes halogenated alkanes) is 2. The lowest BCUT2D eigenvalue weighted by molar-refractivity contribution is 0.159. The third-order valence-corrected chi connectivity index (χ3v) is 2.48. The molecule has 0 fully saturated rings. The van der Waals surface area contributed by atoms with E-state index in [1.807, 2.05) is 0 Å². The highest BCUT2D eigenvalue weighted by Gasteiger charge is 2.05. The maximum Gasteiger partial charge on any atom is 0.0615 e. The second-order valence-corrected chi connectivity index (χ2v) is 3.95. The molecule has 0 saturated heterocycles. The van der Waals surface area contributed by atoms with E-state index < -0.39 is 0 Å². The Morgan fingerprint density at radius 2 is 1.87 bits per heavy atom. The summed E-state index contributed by atoms with van der Waals surface area (Å²) in [7, 11) is 3.52. The fourth-order valence-corrected chi connectivity index (χ4v) is 1.57. The van der Waals surface area contributed by atoms with E-state index in [1.54, 1.807) is 14.2 Å². The molecule has 15 heavy (non-hydrogen) atoms. The molecule has 0 saturated carbocycles. The van der Waals surface area contributed by atoms with Crippen LogP contribution in [0.5, 0.6) is 0 Å². The highest BCUT2D eigenvalue weighted by Crippen LogP contribution is 2.01. The van der Waals surface area contributed by atoms with Crippen LogP contribution in [0, 0.1) is 0 Å². The third-order valence-electron chi connectivity index (χ3n) is 2.48. The molecule has 3 heteroatoms. The van der Waals surface area contributed by atoms with Crippen LogP contribution in [0.25, 0.3) is 0 Å². The van der Waals surface area contributed by atoms with Crippen LogP contribution in [0.1, 0.15) is 39.0 Å². The average Bonchev–Trinajstić information content (AvgIpc) is 2.25. The average molecular weight is 217 g/mol. The van der Waals surface area contributed by atoms with Gasteiger partial charge in [0, 0.05) is 26.9 Å². The van der Waals surface area contributed by atoms with Crippen molar-refractivity contribution in [1.29, 1.82) is 0 Å². The normalized spacial score (nSPS) is 13.0. The van der Waals surface area contributed by atoms with E-state index in [2.05, 4.69) is 12.2 Å². The molecule has 0 spiro atoms. The highest BCUT2D eigenvalue weighted by molar-refractivity contribution is 4.65. The van der Waals surface area contributed by atoms with Crippen LogP contribution in [0.3, 0.4) is 0 Å². The Balaban J connectivity index is 3.38. The molecule has 0 heterocycles. The van der Waals surface area contributed by atoms with Crippen molar-refractivity contribution in [3.05, 3.63) is 0 Å². The minimum atomic E-state index is 0.525. The van der Waals surface area contributed by atoms with Crippen molar-refractivity contribution in [2.45, 2.75) is 45.1 Å². The summed E-state index contributed by atoms with van der Waals surface area (Å²) >= 11 is 0. The van der Waals surface area contributed by atoms with E-state index >= 15 is 0 Å². The number of hydrogen-bond donors (Lipinski definition) is 1. The first kappa shape index (κ1) is 14.9. The lowest BCUT2D eigenvalue weighted by Gasteiger charge is -2.17. The Bertz CT molecular complexity index is 120. The predicted octanol–water partition coefficient (Wildman–Crippen LogP) is 2.21. The first-order valence-corrected chi connectivity index (χ1v) is 6.06. The first-order valence-electron chi connectivity index (χ1n) is 6.06. The van der Waals surface area contributed by atoms with Crippen molar-refractivity contribution < 1.29 is 9.47 Å². The summed E-state index contributed by atoms with van der Waals surface area (Å²) in [6.07, 6.45) is 6.07. The molecule has 92 valence electrons. The third kappa shape index (κ3) is 10.2. The fourth-order valence-electron chi connectivity index (χ4n) is 1.57. The largest absolute Gasteiger partial charge is 0.385 e. The van der Waals surface area contributed by atoms with Gasteiger partial charge in [0.1, 0.15) is 0 Å². The summed E-state index contributed by atoms with van der Waals surface area (Å²) < 4.78 is 10.2. The van der Waals surface area contributed by atoms with Crippen molar-refractivity contribution in [2.24, 2.45) is 0 Å². The van der Waals surface area contributed by atoms with Crippen LogP contribution in [0.15, 0.2) is 0 Å². The second kappa shape index (κ2) is 12.0. The molecule has 0 aromatic heterocycles. The SMILES string of the molecule is CCCCC(COC)NCCCCOC. The van der Waals surface area contributed by atoms with Gasteiger partial charge in [-0.05, 0) is 25.8 Å². The summed E-state index contributed by atoms with van der Waals surface area (Å²) in [5.74, 6) is 0. The van der Waals surface area contributed by atoms with Crippen LogP contribution < -0.4 is 5.32 Å². The topological polar surface area (TPSA) is 30.5 Å². The van der Waals surface area contributed by atoms with Gasteiger partial charge in [0.25, 0.3) is 0 Å². The highest BCUT2D eigenvalue weighted by atomic mass is 16.5. The molecule has 1 unspecified atom stereocenters. The Hall–Kier alpha value is -0.120. The van der Waals surface area contributed by atoms with Gasteiger partial charge >= 0.3 is 0 Å². The smallest absolute Gasteiger partial charge is 0.0615 e. The lowest BCUT2D eigenvalue weighted by atomic mass is 10.1. The summed E-state index contributed by atoms with van der Waals surface area (Å²) in [5, 5.41) is 3.53. The fraction of sp³-hybridized carbons (Fsp3) is 1.00. The molecule has 0 aliphatic heterocycles. The number of methoxy groups -OCH3 is 2. The molecule has 0 rings (SSSR count). The van der Waals surface area contributed by atoms with E-state index in [0.717, 1.165) is 26.2 Å². The molecule has 0 aromatic carbocycles. The van der Waals surface area contributed by atoms with E-state index in [-0.39, 0.29) is 0 Å². The van der Waals surface area contributed by atoms with Crippen LogP contribution in [0.4, 0.5) is 0 Å². The van der Waals surface area contributed by atoms with Gasteiger partial charge in [0.05, 0.1) is 6.61 Å².